The second kappa shape index (κ2) is 9.98. The summed E-state index contributed by atoms with van der Waals surface area (Å²) < 4.78 is 16.6. The lowest BCUT2D eigenvalue weighted by Gasteiger charge is -2.37. The number of rotatable bonds is 6. The normalized spacial score (nSPS) is 20.9. The minimum atomic E-state index is -1.60. The lowest BCUT2D eigenvalue weighted by molar-refractivity contribution is 0.0665. The molecule has 7 nitrogen and oxygen atoms in total. The van der Waals surface area contributed by atoms with Crippen molar-refractivity contribution >= 4 is 29.1 Å². The van der Waals surface area contributed by atoms with Crippen molar-refractivity contribution < 1.29 is 28.6 Å². The van der Waals surface area contributed by atoms with Crippen LogP contribution in [0.1, 0.15) is 48.1 Å². The smallest absolute Gasteiger partial charge is 0.186 e. The second-order valence-electron chi connectivity index (χ2n) is 11.0. The van der Waals surface area contributed by atoms with Crippen LogP contribution in [0.25, 0.3) is 6.08 Å². The Morgan fingerprint density at radius 1 is 0.744 bits per heavy atom. The van der Waals surface area contributed by atoms with Crippen LogP contribution in [0.3, 0.4) is 0 Å². The van der Waals surface area contributed by atoms with E-state index < -0.39 is 23.4 Å². The lowest BCUT2D eigenvalue weighted by Crippen LogP contribution is -2.48. The summed E-state index contributed by atoms with van der Waals surface area (Å²) >= 11 is 0. The molecule has 0 N–H and O–H groups in total. The zero-order valence-corrected chi connectivity index (χ0v) is 23.9. The number of benzene rings is 4. The van der Waals surface area contributed by atoms with Gasteiger partial charge in [0.2, 0.25) is 0 Å². The largest absolute Gasteiger partial charge is 0.497 e. The Hall–Kier alpha value is -5.17. The van der Waals surface area contributed by atoms with Crippen LogP contribution in [0.2, 0.25) is 0 Å². The molecule has 0 bridgehead atoms. The summed E-state index contributed by atoms with van der Waals surface area (Å²) in [5.41, 5.74) is 1.89. The summed E-state index contributed by atoms with van der Waals surface area (Å²) in [6, 6.07) is 25.4. The second-order valence-corrected chi connectivity index (χ2v) is 11.0. The van der Waals surface area contributed by atoms with Gasteiger partial charge in [0.1, 0.15) is 17.2 Å². The van der Waals surface area contributed by atoms with Crippen molar-refractivity contribution in [2.45, 2.75) is 18.0 Å². The van der Waals surface area contributed by atoms with E-state index >= 15 is 0 Å². The fraction of sp³-hybridized carbons (Fsp3) is 0.194. The standard InChI is InChI=1S/C36H29NO6/c1-41-24-11-8-10-23(19-24)33(38)32-31(22-15-17-28(42-2)29(20-22)43-3)36(34(39)25-12-5-6-13-26(25)35(36)40)30-18-16-21-9-4-7-14-27(21)37(30)32/h4-20,30-32H,1-3H3/t30-,31+,32+/m1/s1. The maximum Gasteiger partial charge on any atom is 0.186 e. The number of fused-ring (bicyclic) bond motifs is 5. The van der Waals surface area contributed by atoms with Gasteiger partial charge in [-0.1, -0.05) is 72.8 Å². The number of Topliss-reactive ketones (excluding diaryl/α,β-unsaturated/α-hetero) is 3. The Labute approximate surface area is 249 Å². The molecule has 214 valence electrons. The van der Waals surface area contributed by atoms with Gasteiger partial charge in [-0.15, -0.1) is 0 Å². The molecule has 1 saturated heterocycles. The van der Waals surface area contributed by atoms with Gasteiger partial charge in [0.25, 0.3) is 0 Å². The first kappa shape index (κ1) is 26.7. The highest BCUT2D eigenvalue weighted by Gasteiger charge is 2.71. The Morgan fingerprint density at radius 3 is 2.14 bits per heavy atom. The van der Waals surface area contributed by atoms with Crippen LogP contribution >= 0.6 is 0 Å². The topological polar surface area (TPSA) is 82.1 Å². The summed E-state index contributed by atoms with van der Waals surface area (Å²) in [5, 5.41) is 0. The van der Waals surface area contributed by atoms with E-state index in [4.69, 9.17) is 14.2 Å². The fourth-order valence-corrected chi connectivity index (χ4v) is 7.28. The Balaban J connectivity index is 1.55. The van der Waals surface area contributed by atoms with E-state index in [1.165, 1.54) is 7.11 Å². The van der Waals surface area contributed by atoms with Gasteiger partial charge in [-0.3, -0.25) is 14.4 Å². The molecule has 1 fully saturated rings. The van der Waals surface area contributed by atoms with Crippen LogP contribution in [0, 0.1) is 5.41 Å². The van der Waals surface area contributed by atoms with E-state index in [9.17, 15) is 14.4 Å². The van der Waals surface area contributed by atoms with E-state index in [-0.39, 0.29) is 17.3 Å². The number of ether oxygens (including phenoxy) is 3. The van der Waals surface area contributed by atoms with Gasteiger partial charge < -0.3 is 19.1 Å². The van der Waals surface area contributed by atoms with Gasteiger partial charge in [-0.25, -0.2) is 0 Å². The molecular weight excluding hydrogens is 542 g/mol. The molecule has 4 aromatic carbocycles. The van der Waals surface area contributed by atoms with E-state index in [1.807, 2.05) is 47.4 Å². The number of carbonyl (C=O) groups is 3. The Kier molecular flexibility index (Phi) is 6.20. The third-order valence-corrected chi connectivity index (χ3v) is 9.10. The number of nitrogens with zero attached hydrogens (tertiary/aromatic N) is 1. The molecule has 0 radical (unpaired) electrons. The molecule has 0 aromatic heterocycles. The summed E-state index contributed by atoms with van der Waals surface area (Å²) in [6.07, 6.45) is 3.86. The van der Waals surface area contributed by atoms with Crippen molar-refractivity contribution in [3.63, 3.8) is 0 Å². The van der Waals surface area contributed by atoms with Gasteiger partial charge in [0.05, 0.1) is 27.4 Å². The van der Waals surface area contributed by atoms with Crippen molar-refractivity contribution in [1.82, 2.24) is 0 Å². The first-order valence-corrected chi connectivity index (χ1v) is 14.1. The zero-order chi connectivity index (χ0) is 29.9. The Bertz CT molecular complexity index is 1810. The number of para-hydroxylation sites is 1. The molecule has 3 atom stereocenters. The number of anilines is 1. The molecule has 0 amide bonds. The zero-order valence-electron chi connectivity index (χ0n) is 23.9. The third-order valence-electron chi connectivity index (χ3n) is 9.10. The van der Waals surface area contributed by atoms with Crippen molar-refractivity contribution in [2.75, 3.05) is 26.2 Å². The number of carbonyl (C=O) groups excluding carboxylic acids is 3. The molecule has 1 aliphatic carbocycles. The molecule has 7 rings (SSSR count). The molecule has 2 aliphatic heterocycles. The maximum absolute atomic E-state index is 14.9. The van der Waals surface area contributed by atoms with Crippen LogP contribution in [-0.4, -0.2) is 50.8 Å². The monoisotopic (exact) mass is 571 g/mol. The summed E-state index contributed by atoms with van der Waals surface area (Å²) in [7, 11) is 4.64. The third kappa shape index (κ3) is 3.64. The van der Waals surface area contributed by atoms with E-state index in [0.29, 0.717) is 39.5 Å². The fourth-order valence-electron chi connectivity index (χ4n) is 7.28. The molecule has 43 heavy (non-hydrogen) atoms. The minimum absolute atomic E-state index is 0.220. The molecule has 1 spiro atoms. The average molecular weight is 572 g/mol. The van der Waals surface area contributed by atoms with Crippen LogP contribution in [-0.2, 0) is 0 Å². The molecule has 0 saturated carbocycles. The molecule has 2 heterocycles. The highest BCUT2D eigenvalue weighted by molar-refractivity contribution is 6.32. The molecule has 3 aliphatic rings. The first-order chi connectivity index (χ1) is 20.9. The predicted molar refractivity (Wildman–Crippen MR) is 163 cm³/mol. The molecular formula is C36H29NO6. The lowest BCUT2D eigenvalue weighted by atomic mass is 9.64. The van der Waals surface area contributed by atoms with Gasteiger partial charge >= 0.3 is 0 Å². The predicted octanol–water partition coefficient (Wildman–Crippen LogP) is 6.03. The summed E-state index contributed by atoms with van der Waals surface area (Å²) in [5.74, 6) is -0.164. The number of methoxy groups -OCH3 is 3. The first-order valence-electron chi connectivity index (χ1n) is 14.1. The molecule has 0 unspecified atom stereocenters. The van der Waals surface area contributed by atoms with Crippen LogP contribution in [0.15, 0.2) is 97.1 Å². The van der Waals surface area contributed by atoms with Gasteiger partial charge in [-0.05, 0) is 41.5 Å². The average Bonchev–Trinajstić information content (AvgIpc) is 3.50. The van der Waals surface area contributed by atoms with Gasteiger partial charge in [-0.2, -0.15) is 0 Å². The van der Waals surface area contributed by atoms with Crippen LogP contribution in [0.5, 0.6) is 17.2 Å². The van der Waals surface area contributed by atoms with E-state index in [0.717, 1.165) is 11.3 Å². The minimum Gasteiger partial charge on any atom is -0.497 e. The summed E-state index contributed by atoms with van der Waals surface area (Å²) in [6.45, 7) is 0. The van der Waals surface area contributed by atoms with E-state index in [1.54, 1.807) is 74.9 Å². The van der Waals surface area contributed by atoms with Gasteiger partial charge in [0, 0.05) is 28.3 Å². The van der Waals surface area contributed by atoms with Crippen molar-refractivity contribution in [3.05, 3.63) is 125 Å². The maximum atomic E-state index is 14.9. The van der Waals surface area contributed by atoms with Crippen LogP contribution in [0.4, 0.5) is 5.69 Å². The van der Waals surface area contributed by atoms with E-state index in [2.05, 4.69) is 0 Å². The SMILES string of the molecule is COc1cccc(C(=O)[C@@H]2[C@H](c3ccc(OC)c(OC)c3)C3(C(=O)c4ccccc4C3=O)[C@H]3C=Cc4ccccc4N23)c1. The molecule has 7 heteroatoms. The quantitative estimate of drug-likeness (QED) is 0.207. The Morgan fingerprint density at radius 2 is 1.44 bits per heavy atom. The number of hydrogen-bond donors (Lipinski definition) is 0. The highest BCUT2D eigenvalue weighted by Crippen LogP contribution is 2.61. The van der Waals surface area contributed by atoms with Crippen molar-refractivity contribution in [1.29, 1.82) is 0 Å². The number of hydrogen-bond acceptors (Lipinski definition) is 7. The highest BCUT2D eigenvalue weighted by atomic mass is 16.5. The van der Waals surface area contributed by atoms with Crippen molar-refractivity contribution in [2.24, 2.45) is 5.41 Å². The number of ketones is 3. The van der Waals surface area contributed by atoms with Crippen molar-refractivity contribution in [3.8, 4) is 17.2 Å². The molecule has 4 aromatic rings. The van der Waals surface area contributed by atoms with Crippen LogP contribution < -0.4 is 19.1 Å². The van der Waals surface area contributed by atoms with Gasteiger partial charge in [0.15, 0.2) is 28.8 Å². The summed E-state index contributed by atoms with van der Waals surface area (Å²) in [4.78, 5) is 46.4.